The van der Waals surface area contributed by atoms with Crippen molar-refractivity contribution >= 4 is 29.2 Å². The van der Waals surface area contributed by atoms with Gasteiger partial charge in [0.05, 0.1) is 18.5 Å². The Morgan fingerprint density at radius 3 is 2.87 bits per heavy atom. The lowest BCUT2D eigenvalue weighted by atomic mass is 10.2. The molecule has 0 bridgehead atoms. The summed E-state index contributed by atoms with van der Waals surface area (Å²) in [5, 5.41) is 7.27. The van der Waals surface area contributed by atoms with E-state index in [0.717, 1.165) is 0 Å². The van der Waals surface area contributed by atoms with E-state index in [1.54, 1.807) is 44.6 Å². The third kappa shape index (κ3) is 3.81. The Labute approximate surface area is 170 Å². The van der Waals surface area contributed by atoms with Crippen molar-refractivity contribution in [3.05, 3.63) is 59.8 Å². The summed E-state index contributed by atoms with van der Waals surface area (Å²) in [5.74, 6) is 0.407. The molecule has 4 aromatic rings. The molecule has 0 aliphatic carbocycles. The molecule has 0 radical (unpaired) electrons. The molecule has 152 valence electrons. The first-order valence-corrected chi connectivity index (χ1v) is 8.92. The molecule has 3 heterocycles. The van der Waals surface area contributed by atoms with Crippen molar-refractivity contribution in [3.8, 4) is 5.75 Å². The van der Waals surface area contributed by atoms with E-state index in [-0.39, 0.29) is 29.9 Å². The zero-order chi connectivity index (χ0) is 21.1. The molecule has 30 heavy (non-hydrogen) atoms. The SMILES string of the molecule is COc1ccccc1Nc1nc(N)nc(COC(=O)c2c(C)nn3cccnc23)n1. The van der Waals surface area contributed by atoms with E-state index in [0.29, 0.717) is 22.8 Å². The maximum absolute atomic E-state index is 12.6. The predicted molar refractivity (Wildman–Crippen MR) is 107 cm³/mol. The number of hydrogen-bond acceptors (Lipinski definition) is 10. The predicted octanol–water partition coefficient (Wildman–Crippen LogP) is 1.91. The number of fused-ring (bicyclic) bond motifs is 1. The van der Waals surface area contributed by atoms with Gasteiger partial charge < -0.3 is 20.5 Å². The second-order valence-corrected chi connectivity index (χ2v) is 6.18. The van der Waals surface area contributed by atoms with Crippen LogP contribution in [0.5, 0.6) is 5.75 Å². The maximum Gasteiger partial charge on any atom is 0.344 e. The van der Waals surface area contributed by atoms with Gasteiger partial charge in [-0.25, -0.2) is 14.3 Å². The summed E-state index contributed by atoms with van der Waals surface area (Å²) in [6.07, 6.45) is 3.28. The molecule has 0 aliphatic rings. The second kappa shape index (κ2) is 7.99. The Balaban J connectivity index is 1.52. The molecule has 11 nitrogen and oxygen atoms in total. The van der Waals surface area contributed by atoms with Crippen LogP contribution in [0.25, 0.3) is 5.65 Å². The van der Waals surface area contributed by atoms with Crippen molar-refractivity contribution in [3.63, 3.8) is 0 Å². The topological polar surface area (TPSA) is 142 Å². The summed E-state index contributed by atoms with van der Waals surface area (Å²) < 4.78 is 12.2. The van der Waals surface area contributed by atoms with E-state index >= 15 is 0 Å². The highest BCUT2D eigenvalue weighted by Gasteiger charge is 2.20. The zero-order valence-electron chi connectivity index (χ0n) is 16.2. The van der Waals surface area contributed by atoms with Gasteiger partial charge in [-0.2, -0.15) is 20.1 Å². The minimum absolute atomic E-state index is 0.0118. The number of aryl methyl sites for hydroxylation is 1. The highest BCUT2D eigenvalue weighted by atomic mass is 16.5. The van der Waals surface area contributed by atoms with E-state index in [2.05, 4.69) is 30.4 Å². The lowest BCUT2D eigenvalue weighted by molar-refractivity contribution is 0.0463. The van der Waals surface area contributed by atoms with E-state index in [4.69, 9.17) is 15.2 Å². The summed E-state index contributed by atoms with van der Waals surface area (Å²) in [6, 6.07) is 9.00. The minimum Gasteiger partial charge on any atom is -0.495 e. The van der Waals surface area contributed by atoms with E-state index in [1.807, 2.05) is 12.1 Å². The third-order valence-corrected chi connectivity index (χ3v) is 4.16. The highest BCUT2D eigenvalue weighted by Crippen LogP contribution is 2.25. The van der Waals surface area contributed by atoms with Crippen molar-refractivity contribution in [2.75, 3.05) is 18.2 Å². The quantitative estimate of drug-likeness (QED) is 0.456. The monoisotopic (exact) mass is 406 g/mol. The molecule has 0 saturated carbocycles. The van der Waals surface area contributed by atoms with E-state index < -0.39 is 5.97 Å². The first-order chi connectivity index (χ1) is 14.5. The van der Waals surface area contributed by atoms with Gasteiger partial charge in [-0.15, -0.1) is 0 Å². The van der Waals surface area contributed by atoms with Gasteiger partial charge in [0.1, 0.15) is 11.3 Å². The number of carbonyl (C=O) groups excluding carboxylic acids is 1. The van der Waals surface area contributed by atoms with Crippen molar-refractivity contribution in [1.82, 2.24) is 29.5 Å². The van der Waals surface area contributed by atoms with Crippen LogP contribution in [0, 0.1) is 6.92 Å². The number of nitrogens with zero attached hydrogens (tertiary/aromatic N) is 6. The molecule has 0 unspecified atom stereocenters. The van der Waals surface area contributed by atoms with Crippen LogP contribution >= 0.6 is 0 Å². The van der Waals surface area contributed by atoms with Crippen LogP contribution in [0.2, 0.25) is 0 Å². The number of nitrogens with one attached hydrogen (secondary N) is 1. The molecule has 0 aliphatic heterocycles. The van der Waals surface area contributed by atoms with Crippen molar-refractivity contribution in [1.29, 1.82) is 0 Å². The first-order valence-electron chi connectivity index (χ1n) is 8.92. The van der Waals surface area contributed by atoms with Crippen LogP contribution in [-0.2, 0) is 11.3 Å². The summed E-state index contributed by atoms with van der Waals surface area (Å²) >= 11 is 0. The Morgan fingerprint density at radius 1 is 1.20 bits per heavy atom. The number of hydrogen-bond donors (Lipinski definition) is 2. The van der Waals surface area contributed by atoms with Gasteiger partial charge in [0.15, 0.2) is 18.1 Å². The smallest absolute Gasteiger partial charge is 0.344 e. The molecule has 3 N–H and O–H groups in total. The Kier molecular flexibility index (Phi) is 5.08. The largest absolute Gasteiger partial charge is 0.495 e. The molecular weight excluding hydrogens is 388 g/mol. The number of anilines is 3. The maximum atomic E-state index is 12.6. The summed E-state index contributed by atoms with van der Waals surface area (Å²) in [4.78, 5) is 29.1. The average molecular weight is 406 g/mol. The number of nitrogens with two attached hydrogens (primary N) is 1. The van der Waals surface area contributed by atoms with Gasteiger partial charge in [0.25, 0.3) is 0 Å². The highest BCUT2D eigenvalue weighted by molar-refractivity contribution is 5.97. The fraction of sp³-hybridized carbons (Fsp3) is 0.158. The molecule has 0 atom stereocenters. The summed E-state index contributed by atoms with van der Waals surface area (Å²) in [7, 11) is 1.56. The van der Waals surface area contributed by atoms with Gasteiger partial charge in [-0.1, -0.05) is 12.1 Å². The van der Waals surface area contributed by atoms with Gasteiger partial charge in [-0.3, -0.25) is 0 Å². The number of carbonyl (C=O) groups is 1. The standard InChI is InChI=1S/C19H18N8O3/c1-11-15(16-21-8-5-9-27(16)26-11)17(28)30-10-14-23-18(20)25-19(24-14)22-12-6-3-4-7-13(12)29-2/h3-9H,10H2,1-2H3,(H3,20,22,23,24,25). The molecule has 0 amide bonds. The van der Waals surface area contributed by atoms with Gasteiger partial charge in [0.2, 0.25) is 11.9 Å². The molecule has 1 aromatic carbocycles. The molecular formula is C19H18N8O3. The third-order valence-electron chi connectivity index (χ3n) is 4.16. The number of para-hydroxylation sites is 2. The molecule has 0 spiro atoms. The van der Waals surface area contributed by atoms with Crippen LogP contribution in [0.15, 0.2) is 42.7 Å². The number of esters is 1. The zero-order valence-corrected chi connectivity index (χ0v) is 16.2. The molecule has 11 heteroatoms. The summed E-state index contributed by atoms with van der Waals surface area (Å²) in [6.45, 7) is 1.51. The minimum atomic E-state index is -0.584. The lowest BCUT2D eigenvalue weighted by Crippen LogP contribution is -2.12. The van der Waals surface area contributed by atoms with Gasteiger partial charge in [0, 0.05) is 12.4 Å². The number of benzene rings is 1. The normalized spacial score (nSPS) is 10.7. The fourth-order valence-electron chi connectivity index (χ4n) is 2.86. The number of aromatic nitrogens is 6. The van der Waals surface area contributed by atoms with Crippen LogP contribution in [0.3, 0.4) is 0 Å². The molecule has 0 fully saturated rings. The summed E-state index contributed by atoms with van der Waals surface area (Å²) in [5.41, 5.74) is 7.64. The van der Waals surface area contributed by atoms with Gasteiger partial charge >= 0.3 is 5.97 Å². The number of ether oxygens (including phenoxy) is 2. The van der Waals surface area contributed by atoms with Crippen LogP contribution in [-0.4, -0.2) is 42.6 Å². The van der Waals surface area contributed by atoms with Crippen LogP contribution < -0.4 is 15.8 Å². The number of rotatable bonds is 6. The molecule has 3 aromatic heterocycles. The Hall–Kier alpha value is -4.28. The van der Waals surface area contributed by atoms with Crippen molar-refractivity contribution < 1.29 is 14.3 Å². The van der Waals surface area contributed by atoms with Crippen molar-refractivity contribution in [2.45, 2.75) is 13.5 Å². The molecule has 0 saturated heterocycles. The van der Waals surface area contributed by atoms with Crippen molar-refractivity contribution in [2.24, 2.45) is 0 Å². The van der Waals surface area contributed by atoms with E-state index in [1.165, 1.54) is 4.52 Å². The average Bonchev–Trinajstić information content (AvgIpc) is 3.08. The Bertz CT molecular complexity index is 1220. The first kappa shape index (κ1) is 19.1. The fourth-order valence-corrected chi connectivity index (χ4v) is 2.86. The number of methoxy groups -OCH3 is 1. The molecule has 4 rings (SSSR count). The lowest BCUT2D eigenvalue weighted by Gasteiger charge is -2.10. The van der Waals surface area contributed by atoms with Gasteiger partial charge in [-0.05, 0) is 25.1 Å². The Morgan fingerprint density at radius 2 is 2.03 bits per heavy atom. The number of nitrogen functional groups attached to an aromatic ring is 1. The van der Waals surface area contributed by atoms with Crippen LogP contribution in [0.1, 0.15) is 21.9 Å². The second-order valence-electron chi connectivity index (χ2n) is 6.18. The van der Waals surface area contributed by atoms with Crippen LogP contribution in [0.4, 0.5) is 17.6 Å². The van der Waals surface area contributed by atoms with E-state index in [9.17, 15) is 4.79 Å².